The van der Waals surface area contributed by atoms with E-state index < -0.39 is 0 Å². The van der Waals surface area contributed by atoms with Gasteiger partial charge in [-0.3, -0.25) is 0 Å². The zero-order valence-corrected chi connectivity index (χ0v) is 10.2. The Morgan fingerprint density at radius 3 is 2.71 bits per heavy atom. The van der Waals surface area contributed by atoms with Crippen LogP contribution in [0, 0.1) is 0 Å². The summed E-state index contributed by atoms with van der Waals surface area (Å²) in [5.74, 6) is 1.09. The van der Waals surface area contributed by atoms with Gasteiger partial charge in [-0.05, 0) is 38.5 Å². The number of anilines is 1. The van der Waals surface area contributed by atoms with Crippen molar-refractivity contribution in [2.24, 2.45) is 0 Å². The lowest BCUT2D eigenvalue weighted by Gasteiger charge is -2.16. The van der Waals surface area contributed by atoms with Crippen molar-refractivity contribution in [2.45, 2.75) is 51.0 Å². The molecule has 0 atom stereocenters. The van der Waals surface area contributed by atoms with Crippen LogP contribution in [0.15, 0.2) is 18.5 Å². The van der Waals surface area contributed by atoms with Crippen LogP contribution in [-0.4, -0.2) is 16.0 Å². The molecule has 0 fully saturated rings. The minimum Gasteiger partial charge on any atom is -0.366 e. The van der Waals surface area contributed by atoms with E-state index >= 15 is 0 Å². The third-order valence-electron chi connectivity index (χ3n) is 3.72. The Kier molecular flexibility index (Phi) is 3.08. The highest BCUT2D eigenvalue weighted by molar-refractivity contribution is 5.47. The zero-order chi connectivity index (χ0) is 11.5. The average molecular weight is 229 g/mol. The Bertz CT molecular complexity index is 417. The molecule has 0 radical (unpaired) electrons. The standard InChI is InChI=1S/C14H19N3/c1-2-8-12-13(9-3-1)15-10-16-14(12)17-11-6-4-5-7-11/h4-5,10-11H,1-3,6-9H2,(H,15,16,17). The maximum Gasteiger partial charge on any atom is 0.133 e. The zero-order valence-electron chi connectivity index (χ0n) is 10.2. The molecule has 2 aliphatic carbocycles. The molecule has 0 saturated heterocycles. The van der Waals surface area contributed by atoms with Crippen LogP contribution in [-0.2, 0) is 12.8 Å². The number of fused-ring (bicyclic) bond motifs is 1. The topological polar surface area (TPSA) is 37.8 Å². The predicted octanol–water partition coefficient (Wildman–Crippen LogP) is 2.88. The fourth-order valence-electron chi connectivity index (χ4n) is 2.75. The molecule has 0 bridgehead atoms. The molecule has 2 aliphatic rings. The lowest BCUT2D eigenvalue weighted by Crippen LogP contribution is -2.18. The molecule has 0 spiro atoms. The van der Waals surface area contributed by atoms with Crippen molar-refractivity contribution in [1.82, 2.24) is 9.97 Å². The second kappa shape index (κ2) is 4.86. The van der Waals surface area contributed by atoms with Crippen LogP contribution in [0.1, 0.15) is 43.4 Å². The van der Waals surface area contributed by atoms with Crippen molar-refractivity contribution in [3.8, 4) is 0 Å². The van der Waals surface area contributed by atoms with E-state index in [1.165, 1.54) is 30.5 Å². The first kappa shape index (κ1) is 10.8. The Morgan fingerprint density at radius 1 is 1.00 bits per heavy atom. The predicted molar refractivity (Wildman–Crippen MR) is 69.1 cm³/mol. The summed E-state index contributed by atoms with van der Waals surface area (Å²) >= 11 is 0. The van der Waals surface area contributed by atoms with Crippen LogP contribution in [0.2, 0.25) is 0 Å². The summed E-state index contributed by atoms with van der Waals surface area (Å²) in [6.45, 7) is 0. The highest BCUT2D eigenvalue weighted by Gasteiger charge is 2.17. The Labute approximate surface area is 102 Å². The van der Waals surface area contributed by atoms with Gasteiger partial charge in [0.15, 0.2) is 0 Å². The van der Waals surface area contributed by atoms with Gasteiger partial charge in [0, 0.05) is 17.3 Å². The number of hydrogen-bond acceptors (Lipinski definition) is 3. The molecule has 90 valence electrons. The summed E-state index contributed by atoms with van der Waals surface area (Å²) in [5.41, 5.74) is 2.64. The number of aromatic nitrogens is 2. The first-order chi connectivity index (χ1) is 8.43. The van der Waals surface area contributed by atoms with Gasteiger partial charge in [0.1, 0.15) is 12.1 Å². The molecular weight excluding hydrogens is 210 g/mol. The Morgan fingerprint density at radius 2 is 1.82 bits per heavy atom. The monoisotopic (exact) mass is 229 g/mol. The molecule has 0 aromatic carbocycles. The van der Waals surface area contributed by atoms with Crippen molar-refractivity contribution >= 4 is 5.82 Å². The third-order valence-corrected chi connectivity index (χ3v) is 3.72. The van der Waals surface area contributed by atoms with Gasteiger partial charge in [0.2, 0.25) is 0 Å². The molecule has 0 saturated carbocycles. The van der Waals surface area contributed by atoms with E-state index in [4.69, 9.17) is 0 Å². The highest BCUT2D eigenvalue weighted by Crippen LogP contribution is 2.25. The summed E-state index contributed by atoms with van der Waals surface area (Å²) in [6, 6.07) is 0.539. The minimum atomic E-state index is 0.539. The number of rotatable bonds is 2. The van der Waals surface area contributed by atoms with Gasteiger partial charge in [-0.25, -0.2) is 9.97 Å². The second-order valence-electron chi connectivity index (χ2n) is 4.99. The van der Waals surface area contributed by atoms with Crippen LogP contribution in [0.5, 0.6) is 0 Å². The molecule has 1 N–H and O–H groups in total. The molecule has 0 amide bonds. The van der Waals surface area contributed by atoms with Crippen LogP contribution in [0.25, 0.3) is 0 Å². The highest BCUT2D eigenvalue weighted by atomic mass is 15.0. The number of hydrogen-bond donors (Lipinski definition) is 1. The Balaban J connectivity index is 1.83. The van der Waals surface area contributed by atoms with Crippen LogP contribution < -0.4 is 5.32 Å². The Hall–Kier alpha value is -1.38. The van der Waals surface area contributed by atoms with E-state index in [0.717, 1.165) is 31.5 Å². The maximum atomic E-state index is 4.45. The molecule has 17 heavy (non-hydrogen) atoms. The summed E-state index contributed by atoms with van der Waals surface area (Å²) in [4.78, 5) is 8.89. The van der Waals surface area contributed by atoms with Crippen LogP contribution >= 0.6 is 0 Å². The lowest BCUT2D eigenvalue weighted by atomic mass is 10.1. The van der Waals surface area contributed by atoms with Gasteiger partial charge >= 0.3 is 0 Å². The van der Waals surface area contributed by atoms with Crippen LogP contribution in [0.4, 0.5) is 5.82 Å². The van der Waals surface area contributed by atoms with E-state index in [1.807, 2.05) is 0 Å². The van der Waals surface area contributed by atoms with Gasteiger partial charge in [0.25, 0.3) is 0 Å². The summed E-state index contributed by atoms with van der Waals surface area (Å²) < 4.78 is 0. The van der Waals surface area contributed by atoms with E-state index in [9.17, 15) is 0 Å². The first-order valence-corrected chi connectivity index (χ1v) is 6.68. The SMILES string of the molecule is C1=CCC(Nc2ncnc3c2CCCCC3)C1. The summed E-state index contributed by atoms with van der Waals surface area (Å²) in [5, 5.41) is 3.58. The quantitative estimate of drug-likeness (QED) is 0.626. The molecule has 1 aromatic rings. The molecule has 1 heterocycles. The van der Waals surface area contributed by atoms with Gasteiger partial charge in [-0.2, -0.15) is 0 Å². The lowest BCUT2D eigenvalue weighted by molar-refractivity contribution is 0.708. The molecule has 3 heteroatoms. The summed E-state index contributed by atoms with van der Waals surface area (Å²) in [7, 11) is 0. The average Bonchev–Trinajstić information content (AvgIpc) is 2.73. The fraction of sp³-hybridized carbons (Fsp3) is 0.571. The van der Waals surface area contributed by atoms with Crippen molar-refractivity contribution in [3.05, 3.63) is 29.7 Å². The third kappa shape index (κ3) is 2.33. The van der Waals surface area contributed by atoms with Crippen molar-refractivity contribution in [1.29, 1.82) is 0 Å². The van der Waals surface area contributed by atoms with E-state index in [-0.39, 0.29) is 0 Å². The van der Waals surface area contributed by atoms with E-state index in [2.05, 4.69) is 27.4 Å². The van der Waals surface area contributed by atoms with Gasteiger partial charge in [-0.15, -0.1) is 0 Å². The second-order valence-corrected chi connectivity index (χ2v) is 4.99. The number of nitrogens with zero attached hydrogens (tertiary/aromatic N) is 2. The van der Waals surface area contributed by atoms with Crippen LogP contribution in [0.3, 0.4) is 0 Å². The van der Waals surface area contributed by atoms with E-state index in [1.54, 1.807) is 6.33 Å². The van der Waals surface area contributed by atoms with E-state index in [0.29, 0.717) is 6.04 Å². The maximum absolute atomic E-state index is 4.45. The van der Waals surface area contributed by atoms with Gasteiger partial charge in [0.05, 0.1) is 0 Å². The van der Waals surface area contributed by atoms with Crippen molar-refractivity contribution in [3.63, 3.8) is 0 Å². The molecule has 0 aliphatic heterocycles. The van der Waals surface area contributed by atoms with Crippen molar-refractivity contribution in [2.75, 3.05) is 5.32 Å². The van der Waals surface area contributed by atoms with Gasteiger partial charge < -0.3 is 5.32 Å². The largest absolute Gasteiger partial charge is 0.366 e. The molecule has 3 rings (SSSR count). The normalized spacial score (nSPS) is 20.0. The smallest absolute Gasteiger partial charge is 0.133 e. The first-order valence-electron chi connectivity index (χ1n) is 6.68. The minimum absolute atomic E-state index is 0.539. The van der Waals surface area contributed by atoms with Crippen molar-refractivity contribution < 1.29 is 0 Å². The fourth-order valence-corrected chi connectivity index (χ4v) is 2.75. The number of aryl methyl sites for hydroxylation is 1. The van der Waals surface area contributed by atoms with Gasteiger partial charge in [-0.1, -0.05) is 18.6 Å². The number of nitrogens with one attached hydrogen (secondary N) is 1. The molecule has 0 unspecified atom stereocenters. The molecular formula is C14H19N3. The summed E-state index contributed by atoms with van der Waals surface area (Å²) in [6.07, 6.45) is 14.6. The molecule has 3 nitrogen and oxygen atoms in total. The molecule has 1 aromatic heterocycles.